The molecular weight excluding hydrogens is 524 g/mol. The van der Waals surface area contributed by atoms with Crippen molar-refractivity contribution in [3.05, 3.63) is 90.0 Å². The Bertz CT molecular complexity index is 1370. The van der Waals surface area contributed by atoms with E-state index in [0.29, 0.717) is 29.2 Å². The number of alkyl carbamates (subject to hydrolysis) is 1. The van der Waals surface area contributed by atoms with Crippen LogP contribution in [0, 0.1) is 0 Å². The molecule has 2 amide bonds. The smallest absolute Gasteiger partial charge is 0.408 e. The minimum absolute atomic E-state index is 0.0486. The summed E-state index contributed by atoms with van der Waals surface area (Å²) in [6, 6.07) is 23.3. The number of amides is 2. The summed E-state index contributed by atoms with van der Waals surface area (Å²) in [7, 11) is 1.33. The normalized spacial score (nSPS) is 16.1. The van der Waals surface area contributed by atoms with Crippen LogP contribution in [0.15, 0.2) is 78.9 Å². The molecule has 0 aromatic heterocycles. The predicted octanol–water partition coefficient (Wildman–Crippen LogP) is 5.52. The van der Waals surface area contributed by atoms with E-state index in [0.717, 1.165) is 5.56 Å². The first-order valence-corrected chi connectivity index (χ1v) is 13.5. The van der Waals surface area contributed by atoms with Gasteiger partial charge >= 0.3 is 12.1 Å². The number of para-hydroxylation sites is 3. The van der Waals surface area contributed by atoms with Crippen LogP contribution in [0.3, 0.4) is 0 Å². The number of benzene rings is 3. The van der Waals surface area contributed by atoms with Crippen LogP contribution in [-0.2, 0) is 20.8 Å². The van der Waals surface area contributed by atoms with Gasteiger partial charge in [-0.05, 0) is 69.2 Å². The molecule has 0 fully saturated rings. The SMILES string of the molecule is CCC(COc1ccccc1)(NC(=O)OC(C)(C)C)C1Oc2ccccc2N(Cc2ccc(C(=O)OC)cc2)C1=O. The highest BCUT2D eigenvalue weighted by molar-refractivity contribution is 6.01. The first-order valence-electron chi connectivity index (χ1n) is 13.5. The Hall–Kier alpha value is -4.53. The van der Waals surface area contributed by atoms with Crippen molar-refractivity contribution in [3.63, 3.8) is 0 Å². The molecule has 0 saturated heterocycles. The first kappa shape index (κ1) is 29.5. The van der Waals surface area contributed by atoms with Crippen LogP contribution in [0.2, 0.25) is 0 Å². The highest BCUT2D eigenvalue weighted by Gasteiger charge is 2.51. The molecule has 4 rings (SSSR count). The summed E-state index contributed by atoms with van der Waals surface area (Å²) in [5, 5.41) is 2.94. The van der Waals surface area contributed by atoms with Gasteiger partial charge in [-0.3, -0.25) is 4.79 Å². The fourth-order valence-corrected chi connectivity index (χ4v) is 4.57. The summed E-state index contributed by atoms with van der Waals surface area (Å²) in [5.41, 5.74) is -0.236. The third-order valence-electron chi connectivity index (χ3n) is 6.73. The number of rotatable bonds is 9. The van der Waals surface area contributed by atoms with E-state index >= 15 is 0 Å². The van der Waals surface area contributed by atoms with Gasteiger partial charge in [-0.15, -0.1) is 0 Å². The largest absolute Gasteiger partial charge is 0.491 e. The summed E-state index contributed by atoms with van der Waals surface area (Å²) >= 11 is 0. The molecule has 0 bridgehead atoms. The van der Waals surface area contributed by atoms with E-state index in [9.17, 15) is 14.4 Å². The zero-order valence-corrected chi connectivity index (χ0v) is 24.0. The Kier molecular flexibility index (Phi) is 8.86. The van der Waals surface area contributed by atoms with Crippen molar-refractivity contribution in [2.75, 3.05) is 18.6 Å². The number of anilines is 1. The van der Waals surface area contributed by atoms with E-state index in [2.05, 4.69) is 5.32 Å². The van der Waals surface area contributed by atoms with Crippen LogP contribution < -0.4 is 19.7 Å². The standard InChI is InChI=1S/C32H36N2O7/c1-6-32(33-30(37)41-31(2,3)4,21-39-24-12-8-7-9-13-24)27-28(35)34(25-14-10-11-15-26(25)40-27)20-22-16-18-23(19-17-22)29(36)38-5/h7-19,27H,6,20-21H2,1-5H3,(H,33,37). The van der Waals surface area contributed by atoms with Crippen LogP contribution >= 0.6 is 0 Å². The van der Waals surface area contributed by atoms with Crippen molar-refractivity contribution in [2.45, 2.75) is 57.9 Å². The first-order chi connectivity index (χ1) is 19.5. The molecule has 0 radical (unpaired) electrons. The molecule has 0 aliphatic carbocycles. The fraction of sp³-hybridized carbons (Fsp3) is 0.344. The number of methoxy groups -OCH3 is 1. The van der Waals surface area contributed by atoms with Gasteiger partial charge in [0, 0.05) is 0 Å². The van der Waals surface area contributed by atoms with Crippen molar-refractivity contribution in [2.24, 2.45) is 0 Å². The highest BCUT2D eigenvalue weighted by atomic mass is 16.6. The number of fused-ring (bicyclic) bond motifs is 1. The van der Waals surface area contributed by atoms with Gasteiger partial charge in [0.25, 0.3) is 5.91 Å². The number of hydrogen-bond donors (Lipinski definition) is 1. The summed E-state index contributed by atoms with van der Waals surface area (Å²) in [6.07, 6.45) is -1.51. The summed E-state index contributed by atoms with van der Waals surface area (Å²) in [5.74, 6) is 0.286. The number of nitrogens with zero attached hydrogens (tertiary/aromatic N) is 1. The molecule has 3 aromatic carbocycles. The number of carbonyl (C=O) groups excluding carboxylic acids is 3. The average molecular weight is 561 g/mol. The molecule has 9 nitrogen and oxygen atoms in total. The van der Waals surface area contributed by atoms with E-state index in [1.54, 1.807) is 68.1 Å². The third-order valence-corrected chi connectivity index (χ3v) is 6.73. The Labute approximate surface area is 240 Å². The zero-order chi connectivity index (χ0) is 29.6. The number of nitrogens with one attached hydrogen (secondary N) is 1. The van der Waals surface area contributed by atoms with Gasteiger partial charge in [-0.25, -0.2) is 9.59 Å². The van der Waals surface area contributed by atoms with Crippen molar-refractivity contribution in [3.8, 4) is 11.5 Å². The number of ether oxygens (including phenoxy) is 4. The van der Waals surface area contributed by atoms with Crippen molar-refractivity contribution < 1.29 is 33.3 Å². The lowest BCUT2D eigenvalue weighted by Crippen LogP contribution is -2.67. The van der Waals surface area contributed by atoms with Gasteiger partial charge in [-0.1, -0.05) is 49.4 Å². The Morgan fingerprint density at radius 1 is 0.951 bits per heavy atom. The van der Waals surface area contributed by atoms with E-state index in [1.807, 2.05) is 43.3 Å². The monoisotopic (exact) mass is 560 g/mol. The molecule has 1 aliphatic heterocycles. The van der Waals surface area contributed by atoms with Gasteiger partial charge in [-0.2, -0.15) is 0 Å². The molecule has 9 heteroatoms. The van der Waals surface area contributed by atoms with E-state index in [-0.39, 0.29) is 19.1 Å². The fourth-order valence-electron chi connectivity index (χ4n) is 4.57. The second kappa shape index (κ2) is 12.3. The van der Waals surface area contributed by atoms with Gasteiger partial charge < -0.3 is 29.2 Å². The van der Waals surface area contributed by atoms with E-state index in [1.165, 1.54) is 7.11 Å². The minimum Gasteiger partial charge on any atom is -0.491 e. The van der Waals surface area contributed by atoms with Gasteiger partial charge in [0.15, 0.2) is 0 Å². The number of esters is 1. The molecule has 216 valence electrons. The Balaban J connectivity index is 1.70. The molecule has 1 heterocycles. The summed E-state index contributed by atoms with van der Waals surface area (Å²) in [4.78, 5) is 40.9. The summed E-state index contributed by atoms with van der Waals surface area (Å²) in [6.45, 7) is 7.33. The van der Waals surface area contributed by atoms with Crippen LogP contribution in [0.4, 0.5) is 10.5 Å². The molecular formula is C32H36N2O7. The number of carbonyl (C=O) groups is 3. The lowest BCUT2D eigenvalue weighted by atomic mass is 9.87. The summed E-state index contributed by atoms with van der Waals surface area (Å²) < 4.78 is 22.8. The molecule has 41 heavy (non-hydrogen) atoms. The Morgan fingerprint density at radius 3 is 2.24 bits per heavy atom. The second-order valence-electron chi connectivity index (χ2n) is 10.8. The van der Waals surface area contributed by atoms with Gasteiger partial charge in [0.05, 0.1) is 24.9 Å². The minimum atomic E-state index is -1.28. The van der Waals surface area contributed by atoms with Gasteiger partial charge in [0.2, 0.25) is 6.10 Å². The molecule has 1 aliphatic rings. The van der Waals surface area contributed by atoms with E-state index < -0.39 is 29.3 Å². The quantitative estimate of drug-likeness (QED) is 0.344. The molecule has 0 saturated carbocycles. The van der Waals surface area contributed by atoms with Crippen LogP contribution in [0.5, 0.6) is 11.5 Å². The van der Waals surface area contributed by atoms with E-state index in [4.69, 9.17) is 18.9 Å². The molecule has 2 unspecified atom stereocenters. The average Bonchev–Trinajstić information content (AvgIpc) is 2.96. The molecule has 1 N–H and O–H groups in total. The van der Waals surface area contributed by atoms with Crippen molar-refractivity contribution in [1.82, 2.24) is 5.32 Å². The Morgan fingerprint density at radius 2 is 1.61 bits per heavy atom. The second-order valence-corrected chi connectivity index (χ2v) is 10.8. The van der Waals surface area contributed by atoms with Crippen LogP contribution in [-0.4, -0.2) is 48.9 Å². The van der Waals surface area contributed by atoms with Crippen molar-refractivity contribution in [1.29, 1.82) is 0 Å². The highest BCUT2D eigenvalue weighted by Crippen LogP contribution is 2.38. The van der Waals surface area contributed by atoms with Crippen LogP contribution in [0.25, 0.3) is 0 Å². The third kappa shape index (κ3) is 6.98. The molecule has 0 spiro atoms. The number of hydrogen-bond acceptors (Lipinski definition) is 7. The maximum Gasteiger partial charge on any atom is 0.408 e. The lowest BCUT2D eigenvalue weighted by Gasteiger charge is -2.44. The maximum absolute atomic E-state index is 14.3. The predicted molar refractivity (Wildman–Crippen MR) is 154 cm³/mol. The lowest BCUT2D eigenvalue weighted by molar-refractivity contribution is -0.131. The molecule has 2 atom stereocenters. The van der Waals surface area contributed by atoms with Gasteiger partial charge in [0.1, 0.15) is 29.2 Å². The van der Waals surface area contributed by atoms with Crippen LogP contribution in [0.1, 0.15) is 50.0 Å². The van der Waals surface area contributed by atoms with Crippen molar-refractivity contribution >= 4 is 23.7 Å². The maximum atomic E-state index is 14.3. The zero-order valence-electron chi connectivity index (χ0n) is 24.0. The topological polar surface area (TPSA) is 103 Å². The molecule has 3 aromatic rings.